The zero-order valence-corrected chi connectivity index (χ0v) is 16.0. The van der Waals surface area contributed by atoms with E-state index in [4.69, 9.17) is 0 Å². The molecule has 1 amide bonds. The van der Waals surface area contributed by atoms with Crippen LogP contribution in [0.5, 0.6) is 0 Å². The highest BCUT2D eigenvalue weighted by atomic mass is 35.5. The molecule has 0 radical (unpaired) electrons. The standard InChI is InChI=1S/C18H21N3O3S.ClH/c1-14-13-21(11-10-19-14)18(22)15-6-5-7-16(12-15)20-25(23,24)17-8-3-2-4-9-17;/h2-9,12,14,19-20H,10-11,13H2,1H3;1H. The van der Waals surface area contributed by atoms with E-state index in [1.54, 1.807) is 47.4 Å². The van der Waals surface area contributed by atoms with E-state index < -0.39 is 10.0 Å². The Balaban J connectivity index is 0.00000243. The number of nitrogens with zero attached hydrogens (tertiary/aromatic N) is 1. The number of hydrogen-bond acceptors (Lipinski definition) is 4. The van der Waals surface area contributed by atoms with Crippen LogP contribution in [0.3, 0.4) is 0 Å². The molecule has 2 N–H and O–H groups in total. The minimum atomic E-state index is -3.67. The predicted octanol–water partition coefficient (Wildman–Crippen LogP) is 2.34. The van der Waals surface area contributed by atoms with E-state index in [-0.39, 0.29) is 29.3 Å². The van der Waals surface area contributed by atoms with Gasteiger partial charge in [-0.05, 0) is 37.3 Å². The minimum Gasteiger partial charge on any atom is -0.336 e. The third-order valence-corrected chi connectivity index (χ3v) is 5.47. The normalized spacial score (nSPS) is 17.3. The first-order valence-electron chi connectivity index (χ1n) is 8.16. The van der Waals surface area contributed by atoms with Crippen molar-refractivity contribution in [3.05, 3.63) is 60.2 Å². The van der Waals surface area contributed by atoms with E-state index in [1.165, 1.54) is 12.1 Å². The molecule has 0 saturated carbocycles. The van der Waals surface area contributed by atoms with Crippen LogP contribution in [0.1, 0.15) is 17.3 Å². The molecule has 6 nitrogen and oxygen atoms in total. The number of carbonyl (C=O) groups excluding carboxylic acids is 1. The van der Waals surface area contributed by atoms with Crippen LogP contribution < -0.4 is 10.0 Å². The van der Waals surface area contributed by atoms with Crippen molar-refractivity contribution in [2.24, 2.45) is 0 Å². The first-order chi connectivity index (χ1) is 12.0. The van der Waals surface area contributed by atoms with Gasteiger partial charge in [-0.25, -0.2) is 8.42 Å². The summed E-state index contributed by atoms with van der Waals surface area (Å²) in [4.78, 5) is 14.6. The van der Waals surface area contributed by atoms with Gasteiger partial charge in [-0.2, -0.15) is 0 Å². The van der Waals surface area contributed by atoms with Gasteiger partial charge in [0.05, 0.1) is 4.90 Å². The van der Waals surface area contributed by atoms with E-state index in [1.807, 2.05) is 6.92 Å². The van der Waals surface area contributed by atoms with Gasteiger partial charge in [0.2, 0.25) is 0 Å². The molecule has 2 aromatic carbocycles. The van der Waals surface area contributed by atoms with Crippen molar-refractivity contribution in [1.29, 1.82) is 0 Å². The van der Waals surface area contributed by atoms with Crippen molar-refractivity contribution in [2.45, 2.75) is 17.9 Å². The number of piperazine rings is 1. The maximum atomic E-state index is 12.7. The number of sulfonamides is 1. The Kier molecular flexibility index (Phi) is 6.63. The summed E-state index contributed by atoms with van der Waals surface area (Å²) in [5, 5.41) is 3.29. The van der Waals surface area contributed by atoms with Crippen LogP contribution >= 0.6 is 12.4 Å². The third-order valence-electron chi connectivity index (χ3n) is 4.07. The van der Waals surface area contributed by atoms with Gasteiger partial charge >= 0.3 is 0 Å². The first kappa shape index (κ1) is 20.2. The van der Waals surface area contributed by atoms with Gasteiger partial charge in [-0.15, -0.1) is 12.4 Å². The van der Waals surface area contributed by atoms with Crippen molar-refractivity contribution >= 4 is 34.0 Å². The quantitative estimate of drug-likeness (QED) is 0.832. The summed E-state index contributed by atoms with van der Waals surface area (Å²) < 4.78 is 27.4. The Morgan fingerprint density at radius 1 is 1.15 bits per heavy atom. The average Bonchev–Trinajstić information content (AvgIpc) is 2.62. The topological polar surface area (TPSA) is 78.5 Å². The highest BCUT2D eigenvalue weighted by Gasteiger charge is 2.22. The lowest BCUT2D eigenvalue weighted by atomic mass is 10.1. The molecule has 3 rings (SSSR count). The number of nitrogens with one attached hydrogen (secondary N) is 2. The van der Waals surface area contributed by atoms with Gasteiger partial charge in [-0.3, -0.25) is 9.52 Å². The molecule has 0 aromatic heterocycles. The smallest absolute Gasteiger partial charge is 0.261 e. The number of halogens is 1. The summed E-state index contributed by atoms with van der Waals surface area (Å²) in [6.07, 6.45) is 0. The van der Waals surface area contributed by atoms with E-state index in [2.05, 4.69) is 10.0 Å². The van der Waals surface area contributed by atoms with Gasteiger partial charge in [-0.1, -0.05) is 24.3 Å². The van der Waals surface area contributed by atoms with Crippen LogP contribution in [-0.2, 0) is 10.0 Å². The molecule has 140 valence electrons. The summed E-state index contributed by atoms with van der Waals surface area (Å²) in [5.74, 6) is -0.0888. The van der Waals surface area contributed by atoms with Gasteiger partial charge in [0.15, 0.2) is 0 Å². The summed E-state index contributed by atoms with van der Waals surface area (Å²) >= 11 is 0. The lowest BCUT2D eigenvalue weighted by Gasteiger charge is -2.32. The molecule has 26 heavy (non-hydrogen) atoms. The molecular weight excluding hydrogens is 374 g/mol. The maximum Gasteiger partial charge on any atom is 0.261 e. The fourth-order valence-electron chi connectivity index (χ4n) is 2.83. The molecule has 2 aromatic rings. The van der Waals surface area contributed by atoms with Crippen LogP contribution in [0.4, 0.5) is 5.69 Å². The van der Waals surface area contributed by atoms with Crippen molar-refractivity contribution in [3.63, 3.8) is 0 Å². The predicted molar refractivity (Wildman–Crippen MR) is 104 cm³/mol. The molecule has 1 aliphatic rings. The second kappa shape index (κ2) is 8.53. The van der Waals surface area contributed by atoms with E-state index >= 15 is 0 Å². The molecule has 0 bridgehead atoms. The summed E-state index contributed by atoms with van der Waals surface area (Å²) in [6.45, 7) is 4.07. The van der Waals surface area contributed by atoms with E-state index in [0.29, 0.717) is 24.3 Å². The number of amides is 1. The largest absolute Gasteiger partial charge is 0.336 e. The molecule has 0 aliphatic carbocycles. The van der Waals surface area contributed by atoms with Crippen LogP contribution in [0, 0.1) is 0 Å². The summed E-state index contributed by atoms with van der Waals surface area (Å²) in [7, 11) is -3.67. The van der Waals surface area contributed by atoms with Crippen LogP contribution in [0.15, 0.2) is 59.5 Å². The van der Waals surface area contributed by atoms with Crippen LogP contribution in [0.2, 0.25) is 0 Å². The Hall–Kier alpha value is -2.09. The zero-order valence-electron chi connectivity index (χ0n) is 14.4. The van der Waals surface area contributed by atoms with Gasteiger partial charge in [0.25, 0.3) is 15.9 Å². The van der Waals surface area contributed by atoms with Crippen LogP contribution in [-0.4, -0.2) is 44.9 Å². The minimum absolute atomic E-state index is 0. The molecule has 0 spiro atoms. The second-order valence-corrected chi connectivity index (χ2v) is 7.79. The Morgan fingerprint density at radius 2 is 1.88 bits per heavy atom. The third kappa shape index (κ3) is 4.75. The summed E-state index contributed by atoms with van der Waals surface area (Å²) in [6, 6.07) is 15.0. The van der Waals surface area contributed by atoms with E-state index in [0.717, 1.165) is 6.54 Å². The van der Waals surface area contributed by atoms with E-state index in [9.17, 15) is 13.2 Å². The summed E-state index contributed by atoms with van der Waals surface area (Å²) in [5.41, 5.74) is 0.847. The molecule has 1 heterocycles. The van der Waals surface area contributed by atoms with Crippen molar-refractivity contribution in [2.75, 3.05) is 24.4 Å². The van der Waals surface area contributed by atoms with Gasteiger partial charge in [0, 0.05) is 36.9 Å². The molecule has 1 saturated heterocycles. The first-order valence-corrected chi connectivity index (χ1v) is 9.64. The number of benzene rings is 2. The average molecular weight is 396 g/mol. The lowest BCUT2D eigenvalue weighted by Crippen LogP contribution is -2.51. The Bertz CT molecular complexity index is 859. The molecule has 1 unspecified atom stereocenters. The zero-order chi connectivity index (χ0) is 17.9. The number of hydrogen-bond donors (Lipinski definition) is 2. The van der Waals surface area contributed by atoms with Gasteiger partial charge in [0.1, 0.15) is 0 Å². The fourth-order valence-corrected chi connectivity index (χ4v) is 3.90. The SMILES string of the molecule is CC1CN(C(=O)c2cccc(NS(=O)(=O)c3ccccc3)c2)CCN1.Cl. The number of anilines is 1. The highest BCUT2D eigenvalue weighted by molar-refractivity contribution is 7.92. The lowest BCUT2D eigenvalue weighted by molar-refractivity contribution is 0.0709. The molecule has 1 atom stereocenters. The molecule has 1 aliphatic heterocycles. The highest BCUT2D eigenvalue weighted by Crippen LogP contribution is 2.18. The van der Waals surface area contributed by atoms with Crippen LogP contribution in [0.25, 0.3) is 0 Å². The Labute approximate surface area is 160 Å². The second-order valence-electron chi connectivity index (χ2n) is 6.11. The number of carbonyl (C=O) groups is 1. The molecular formula is C18H22ClN3O3S. The van der Waals surface area contributed by atoms with Crippen molar-refractivity contribution in [1.82, 2.24) is 10.2 Å². The Morgan fingerprint density at radius 3 is 2.58 bits per heavy atom. The monoisotopic (exact) mass is 395 g/mol. The molecule has 8 heteroatoms. The van der Waals surface area contributed by atoms with Gasteiger partial charge < -0.3 is 10.2 Å². The van der Waals surface area contributed by atoms with Crippen molar-refractivity contribution in [3.8, 4) is 0 Å². The fraction of sp³-hybridized carbons (Fsp3) is 0.278. The molecule has 1 fully saturated rings. The number of rotatable bonds is 4. The van der Waals surface area contributed by atoms with Crippen molar-refractivity contribution < 1.29 is 13.2 Å². The maximum absolute atomic E-state index is 12.7.